The normalized spacial score (nSPS) is 11.9. The van der Waals surface area contributed by atoms with E-state index in [1.807, 2.05) is 0 Å². The third kappa shape index (κ3) is 45.3. The van der Waals surface area contributed by atoms with E-state index < -0.39 is 6.10 Å². The van der Waals surface area contributed by atoms with Crippen LogP contribution in [0.5, 0.6) is 0 Å². The van der Waals surface area contributed by atoms with Gasteiger partial charge in [0, 0.05) is 19.3 Å². The Bertz CT molecular complexity index is 857. The van der Waals surface area contributed by atoms with Crippen molar-refractivity contribution in [1.29, 1.82) is 0 Å². The zero-order chi connectivity index (χ0) is 41.7. The van der Waals surface area contributed by atoms with Crippen molar-refractivity contribution < 1.29 is 28.6 Å². The van der Waals surface area contributed by atoms with Gasteiger partial charge in [-0.1, -0.05) is 246 Å². The Morgan fingerprint density at radius 3 is 0.860 bits per heavy atom. The molecule has 338 valence electrons. The van der Waals surface area contributed by atoms with Crippen molar-refractivity contribution in [3.63, 3.8) is 0 Å². The molecule has 0 spiro atoms. The van der Waals surface area contributed by atoms with Crippen molar-refractivity contribution in [2.45, 2.75) is 291 Å². The molecule has 0 aliphatic carbocycles. The number of ether oxygens (including phenoxy) is 3. The van der Waals surface area contributed by atoms with E-state index in [1.54, 1.807) is 0 Å². The van der Waals surface area contributed by atoms with Crippen LogP contribution in [0.1, 0.15) is 285 Å². The summed E-state index contributed by atoms with van der Waals surface area (Å²) in [6.07, 6.45) is 46.6. The maximum absolute atomic E-state index is 12.7. The summed E-state index contributed by atoms with van der Waals surface area (Å²) < 4.78 is 16.8. The SMILES string of the molecule is CCCCCCCCCCCCCCCCCCC(=O)OC[C@H](COC(=O)CCCCCCCCCCCC(C)C)OC(=O)CCCCCCCCCCCCC. The van der Waals surface area contributed by atoms with Gasteiger partial charge >= 0.3 is 17.9 Å². The molecule has 6 heteroatoms. The number of unbranched alkanes of at least 4 members (excludes halogenated alkanes) is 33. The number of hydrogen-bond donors (Lipinski definition) is 0. The lowest BCUT2D eigenvalue weighted by Gasteiger charge is -2.18. The molecule has 0 heterocycles. The van der Waals surface area contributed by atoms with Gasteiger partial charge in [-0.3, -0.25) is 14.4 Å². The van der Waals surface area contributed by atoms with Crippen molar-refractivity contribution in [2.24, 2.45) is 5.92 Å². The average Bonchev–Trinajstić information content (AvgIpc) is 3.19. The smallest absolute Gasteiger partial charge is 0.306 e. The summed E-state index contributed by atoms with van der Waals surface area (Å²) >= 11 is 0. The molecule has 0 radical (unpaired) electrons. The molecule has 0 aliphatic heterocycles. The Kier molecular flexibility index (Phi) is 44.2. The van der Waals surface area contributed by atoms with Crippen LogP contribution in [-0.4, -0.2) is 37.2 Å². The quantitative estimate of drug-likeness (QED) is 0.0346. The van der Waals surface area contributed by atoms with Crippen LogP contribution in [-0.2, 0) is 28.6 Å². The maximum Gasteiger partial charge on any atom is 0.306 e. The lowest BCUT2D eigenvalue weighted by atomic mass is 10.0. The first-order valence-electron chi connectivity index (χ1n) is 25.4. The Hall–Kier alpha value is -1.59. The largest absolute Gasteiger partial charge is 0.462 e. The van der Waals surface area contributed by atoms with Gasteiger partial charge in [0.05, 0.1) is 0 Å². The molecule has 0 unspecified atom stereocenters. The van der Waals surface area contributed by atoms with Crippen molar-refractivity contribution in [2.75, 3.05) is 13.2 Å². The first-order valence-corrected chi connectivity index (χ1v) is 25.4. The number of esters is 3. The van der Waals surface area contributed by atoms with Gasteiger partial charge in [0.25, 0.3) is 0 Å². The number of carbonyl (C=O) groups excluding carboxylic acids is 3. The van der Waals surface area contributed by atoms with Crippen LogP contribution >= 0.6 is 0 Å². The van der Waals surface area contributed by atoms with E-state index in [0.717, 1.165) is 63.7 Å². The van der Waals surface area contributed by atoms with Gasteiger partial charge in [-0.25, -0.2) is 0 Å². The predicted octanol–water partition coefficient (Wildman–Crippen LogP) is 16.3. The minimum atomic E-state index is -0.760. The van der Waals surface area contributed by atoms with Gasteiger partial charge in [0.15, 0.2) is 6.10 Å². The molecule has 0 aliphatic rings. The zero-order valence-electron chi connectivity index (χ0n) is 38.8. The third-order valence-corrected chi connectivity index (χ3v) is 11.5. The van der Waals surface area contributed by atoms with E-state index >= 15 is 0 Å². The van der Waals surface area contributed by atoms with Crippen molar-refractivity contribution in [1.82, 2.24) is 0 Å². The number of hydrogen-bond acceptors (Lipinski definition) is 6. The molecule has 0 aromatic heterocycles. The summed E-state index contributed by atoms with van der Waals surface area (Å²) in [5, 5.41) is 0. The molecule has 0 N–H and O–H groups in total. The number of rotatable bonds is 46. The molecule has 0 amide bonds. The zero-order valence-corrected chi connectivity index (χ0v) is 38.8. The highest BCUT2D eigenvalue weighted by Gasteiger charge is 2.19. The van der Waals surface area contributed by atoms with Gasteiger partial charge in [-0.15, -0.1) is 0 Å². The van der Waals surface area contributed by atoms with E-state index in [-0.39, 0.29) is 31.1 Å². The second-order valence-corrected chi connectivity index (χ2v) is 17.9. The molecule has 57 heavy (non-hydrogen) atoms. The van der Waals surface area contributed by atoms with Crippen LogP contribution in [0.2, 0.25) is 0 Å². The van der Waals surface area contributed by atoms with Crippen LogP contribution in [0.15, 0.2) is 0 Å². The monoisotopic (exact) mass is 807 g/mol. The van der Waals surface area contributed by atoms with E-state index in [2.05, 4.69) is 27.7 Å². The third-order valence-electron chi connectivity index (χ3n) is 11.5. The molecule has 0 fully saturated rings. The van der Waals surface area contributed by atoms with E-state index in [1.165, 1.54) is 180 Å². The Labute approximate surface area is 355 Å². The van der Waals surface area contributed by atoms with Gasteiger partial charge in [0.2, 0.25) is 0 Å². The molecule has 0 saturated heterocycles. The first-order chi connectivity index (χ1) is 27.9. The Balaban J connectivity index is 4.28. The van der Waals surface area contributed by atoms with Gasteiger partial charge in [-0.2, -0.15) is 0 Å². The molecule has 0 aromatic rings. The maximum atomic E-state index is 12.7. The second kappa shape index (κ2) is 45.5. The lowest BCUT2D eigenvalue weighted by molar-refractivity contribution is -0.167. The van der Waals surface area contributed by atoms with Gasteiger partial charge < -0.3 is 14.2 Å². The first kappa shape index (κ1) is 55.4. The minimum absolute atomic E-state index is 0.0631. The van der Waals surface area contributed by atoms with Crippen molar-refractivity contribution in [3.8, 4) is 0 Å². The standard InChI is InChI=1S/C51H98O6/c1-5-7-9-11-13-15-17-18-19-20-21-23-26-30-34-38-42-49(52)55-45-48(57-51(54)44-40-36-32-27-22-16-14-12-10-8-6-2)46-56-50(53)43-39-35-31-28-24-25-29-33-37-41-47(3)4/h47-48H,5-46H2,1-4H3/t48-/m1/s1. The van der Waals surface area contributed by atoms with E-state index in [9.17, 15) is 14.4 Å². The van der Waals surface area contributed by atoms with Crippen molar-refractivity contribution >= 4 is 17.9 Å². The van der Waals surface area contributed by atoms with Gasteiger partial charge in [0.1, 0.15) is 13.2 Å². The van der Waals surface area contributed by atoms with Crippen LogP contribution in [0.3, 0.4) is 0 Å². The fourth-order valence-corrected chi connectivity index (χ4v) is 7.69. The minimum Gasteiger partial charge on any atom is -0.462 e. The number of carbonyl (C=O) groups is 3. The van der Waals surface area contributed by atoms with E-state index in [4.69, 9.17) is 14.2 Å². The molecule has 6 nitrogen and oxygen atoms in total. The highest BCUT2D eigenvalue weighted by Crippen LogP contribution is 2.17. The lowest BCUT2D eigenvalue weighted by Crippen LogP contribution is -2.30. The summed E-state index contributed by atoms with van der Waals surface area (Å²) in [5.41, 5.74) is 0. The summed E-state index contributed by atoms with van der Waals surface area (Å²) in [6, 6.07) is 0. The highest BCUT2D eigenvalue weighted by atomic mass is 16.6. The van der Waals surface area contributed by atoms with Crippen LogP contribution in [0.4, 0.5) is 0 Å². The van der Waals surface area contributed by atoms with Gasteiger partial charge in [-0.05, 0) is 25.2 Å². The Morgan fingerprint density at radius 1 is 0.333 bits per heavy atom. The molecule has 0 saturated carbocycles. The topological polar surface area (TPSA) is 78.9 Å². The van der Waals surface area contributed by atoms with Crippen LogP contribution < -0.4 is 0 Å². The van der Waals surface area contributed by atoms with Crippen molar-refractivity contribution in [3.05, 3.63) is 0 Å². The molecule has 0 rings (SSSR count). The average molecular weight is 807 g/mol. The van der Waals surface area contributed by atoms with E-state index in [0.29, 0.717) is 19.3 Å². The van der Waals surface area contributed by atoms with Crippen LogP contribution in [0, 0.1) is 5.92 Å². The highest BCUT2D eigenvalue weighted by molar-refractivity contribution is 5.71. The Morgan fingerprint density at radius 2 is 0.579 bits per heavy atom. The summed E-state index contributed by atoms with van der Waals surface area (Å²) in [7, 11) is 0. The van der Waals surface area contributed by atoms with Crippen LogP contribution in [0.25, 0.3) is 0 Å². The summed E-state index contributed by atoms with van der Waals surface area (Å²) in [4.78, 5) is 37.9. The second-order valence-electron chi connectivity index (χ2n) is 17.9. The fourth-order valence-electron chi connectivity index (χ4n) is 7.69. The predicted molar refractivity (Wildman–Crippen MR) is 243 cm³/mol. The summed E-state index contributed by atoms with van der Waals surface area (Å²) in [5.74, 6) is -0.0389. The molecule has 0 aromatic carbocycles. The molecular formula is C51H98O6. The fraction of sp³-hybridized carbons (Fsp3) is 0.941. The molecule has 0 bridgehead atoms. The molecular weight excluding hydrogens is 709 g/mol. The molecule has 1 atom stereocenters. The summed E-state index contributed by atoms with van der Waals surface area (Å²) in [6.45, 7) is 9.00.